The summed E-state index contributed by atoms with van der Waals surface area (Å²) < 4.78 is 5.76. The van der Waals surface area contributed by atoms with Crippen LogP contribution in [0.2, 0.25) is 0 Å². The second-order valence-electron chi connectivity index (χ2n) is 10.8. The molecule has 2 N–H and O–H groups in total. The number of thioether (sulfide) groups is 1. The van der Waals surface area contributed by atoms with Crippen molar-refractivity contribution >= 4 is 17.7 Å². The van der Waals surface area contributed by atoms with Crippen molar-refractivity contribution in [3.8, 4) is 6.07 Å². The zero-order valence-electron chi connectivity index (χ0n) is 25.4. The molecule has 0 aromatic heterocycles. The van der Waals surface area contributed by atoms with Crippen LogP contribution in [0.3, 0.4) is 0 Å². The second kappa shape index (κ2) is 18.5. The first-order chi connectivity index (χ1) is 21.1. The Morgan fingerprint density at radius 3 is 1.88 bits per heavy atom. The van der Waals surface area contributed by atoms with Gasteiger partial charge in [-0.05, 0) is 55.5 Å². The van der Waals surface area contributed by atoms with E-state index in [1.54, 1.807) is 11.8 Å². The highest BCUT2D eigenvalue weighted by atomic mass is 32.2. The van der Waals surface area contributed by atoms with E-state index in [2.05, 4.69) is 54.3 Å². The van der Waals surface area contributed by atoms with Gasteiger partial charge in [0.05, 0.1) is 31.3 Å². The number of aliphatic hydroxyl groups excluding tert-OH is 2. The molecule has 1 aliphatic heterocycles. The molecule has 1 heterocycles. The molecule has 230 valence electrons. The molecular weight excluding hydrogens is 556 g/mol. The van der Waals surface area contributed by atoms with Gasteiger partial charge < -0.3 is 19.8 Å². The molecule has 0 unspecified atom stereocenters. The molecule has 3 aromatic rings. The Kier molecular flexibility index (Phi) is 14.8. The molecule has 43 heavy (non-hydrogen) atoms. The summed E-state index contributed by atoms with van der Waals surface area (Å²) in [4.78, 5) is 15.8. The number of nitrogens with zero attached hydrogens (tertiary/aromatic N) is 2. The fourth-order valence-corrected chi connectivity index (χ4v) is 6.08. The highest BCUT2D eigenvalue weighted by molar-refractivity contribution is 7.99. The van der Waals surface area contributed by atoms with Crippen molar-refractivity contribution in [2.24, 2.45) is 0 Å². The van der Waals surface area contributed by atoms with Gasteiger partial charge in [-0.1, -0.05) is 104 Å². The topological polar surface area (TPSA) is 93.8 Å². The fourth-order valence-electron chi connectivity index (χ4n) is 5.62. The number of ether oxygens (including phenoxy) is 1. The van der Waals surface area contributed by atoms with Gasteiger partial charge in [-0.25, -0.2) is 0 Å². The molecule has 7 heteroatoms. The molecule has 6 nitrogen and oxygen atoms in total. The van der Waals surface area contributed by atoms with Crippen molar-refractivity contribution in [2.45, 2.75) is 49.9 Å². The van der Waals surface area contributed by atoms with Crippen LogP contribution in [0.5, 0.6) is 0 Å². The highest BCUT2D eigenvalue weighted by Crippen LogP contribution is 2.39. The number of hydrogen-bond donors (Lipinski definition) is 2. The number of nitriles is 1. The van der Waals surface area contributed by atoms with Gasteiger partial charge in [-0.3, -0.25) is 4.79 Å². The third-order valence-electron chi connectivity index (χ3n) is 8.16. The number of benzene rings is 3. The van der Waals surface area contributed by atoms with Crippen LogP contribution in [0.1, 0.15) is 55.7 Å². The molecule has 0 aliphatic carbocycles. The second-order valence-corrected chi connectivity index (χ2v) is 12.1. The van der Waals surface area contributed by atoms with Crippen molar-refractivity contribution < 1.29 is 19.7 Å². The predicted octanol–water partition coefficient (Wildman–Crippen LogP) is 5.97. The van der Waals surface area contributed by atoms with Gasteiger partial charge in [0.25, 0.3) is 0 Å². The van der Waals surface area contributed by atoms with Crippen LogP contribution >= 0.6 is 11.8 Å². The molecular formula is C36H46N2O4S. The Balaban J connectivity index is 0.000000646. The normalized spacial score (nSPS) is 14.7. The van der Waals surface area contributed by atoms with Gasteiger partial charge in [-0.2, -0.15) is 17.0 Å². The summed E-state index contributed by atoms with van der Waals surface area (Å²) in [5, 5.41) is 26.9. The van der Waals surface area contributed by atoms with Crippen molar-refractivity contribution in [3.63, 3.8) is 0 Å². The van der Waals surface area contributed by atoms with Gasteiger partial charge in [0.1, 0.15) is 5.41 Å². The zero-order chi connectivity index (χ0) is 30.8. The highest BCUT2D eigenvalue weighted by Gasteiger charge is 2.44. The smallest absolute Gasteiger partial charge is 0.316 e. The summed E-state index contributed by atoms with van der Waals surface area (Å²) in [5.41, 5.74) is 1.78. The number of unbranched alkanes of at least 4 members (excludes halogenated alkanes) is 1. The Bertz CT molecular complexity index is 1180. The van der Waals surface area contributed by atoms with Crippen LogP contribution in [0, 0.1) is 11.3 Å². The monoisotopic (exact) mass is 602 g/mol. The molecule has 1 fully saturated rings. The largest absolute Gasteiger partial charge is 0.465 e. The number of carbonyl (C=O) groups is 1. The Morgan fingerprint density at radius 1 is 0.907 bits per heavy atom. The van der Waals surface area contributed by atoms with Crippen molar-refractivity contribution in [3.05, 3.63) is 108 Å². The van der Waals surface area contributed by atoms with E-state index < -0.39 is 10.8 Å². The molecule has 0 atom stereocenters. The molecule has 4 rings (SSSR count). The van der Waals surface area contributed by atoms with E-state index in [4.69, 9.17) is 14.9 Å². The van der Waals surface area contributed by atoms with E-state index in [1.165, 1.54) is 0 Å². The van der Waals surface area contributed by atoms with E-state index in [9.17, 15) is 10.1 Å². The molecule has 0 spiro atoms. The Hall–Kier alpha value is -3.15. The lowest BCUT2D eigenvalue weighted by Crippen LogP contribution is -2.49. The number of esters is 1. The van der Waals surface area contributed by atoms with Gasteiger partial charge in [0, 0.05) is 18.1 Å². The maximum absolute atomic E-state index is 13.4. The standard InChI is InChI=1S/C32H36N2O2.C4H10O2S/c1-2-3-25-36-30(35)31(27-13-7-4-8-14-27)19-22-34(23-20-31)24-21-32(26-33,28-15-9-5-10-16-28)29-17-11-6-12-18-29;5-1-3-7-4-2-6/h4-18H,2-3,19-25H2,1H3;5-6H,1-4H2. The lowest BCUT2D eigenvalue weighted by Gasteiger charge is -2.41. The van der Waals surface area contributed by atoms with Gasteiger partial charge in [-0.15, -0.1) is 0 Å². The first-order valence-electron chi connectivity index (χ1n) is 15.3. The lowest BCUT2D eigenvalue weighted by molar-refractivity contribution is -0.153. The van der Waals surface area contributed by atoms with Gasteiger partial charge in [0.15, 0.2) is 0 Å². The zero-order valence-corrected chi connectivity index (χ0v) is 26.2. The first kappa shape index (κ1) is 34.3. The summed E-state index contributed by atoms with van der Waals surface area (Å²) >= 11 is 1.55. The Morgan fingerprint density at radius 2 is 1.42 bits per heavy atom. The SMILES string of the molecule is CCCCOC(=O)C1(c2ccccc2)CCN(CCC(C#N)(c2ccccc2)c2ccccc2)CC1.OCCSCCO. The van der Waals surface area contributed by atoms with Crippen molar-refractivity contribution in [1.82, 2.24) is 4.90 Å². The average Bonchev–Trinajstić information content (AvgIpc) is 3.07. The minimum absolute atomic E-state index is 0.0956. The number of aliphatic hydroxyl groups is 2. The van der Waals surface area contributed by atoms with E-state index in [-0.39, 0.29) is 19.2 Å². The van der Waals surface area contributed by atoms with Crippen LogP contribution in [0.15, 0.2) is 91.0 Å². The summed E-state index contributed by atoms with van der Waals surface area (Å²) in [5.74, 6) is 1.38. The molecule has 3 aromatic carbocycles. The summed E-state index contributed by atoms with van der Waals surface area (Å²) in [6, 6.07) is 33.0. The third kappa shape index (κ3) is 9.42. The van der Waals surface area contributed by atoms with Gasteiger partial charge in [0.2, 0.25) is 0 Å². The number of carbonyl (C=O) groups excluding carboxylic acids is 1. The predicted molar refractivity (Wildman–Crippen MR) is 175 cm³/mol. The van der Waals surface area contributed by atoms with Crippen molar-refractivity contribution in [2.75, 3.05) is 51.0 Å². The number of piperidine rings is 1. The van der Waals surface area contributed by atoms with Crippen LogP contribution < -0.4 is 0 Å². The number of hydrogen-bond acceptors (Lipinski definition) is 7. The summed E-state index contributed by atoms with van der Waals surface area (Å²) in [6.07, 6.45) is 4.02. The van der Waals surface area contributed by atoms with Crippen LogP contribution in [-0.2, 0) is 20.4 Å². The van der Waals surface area contributed by atoms with Crippen LogP contribution in [0.25, 0.3) is 0 Å². The number of likely N-dealkylation sites (tertiary alicyclic amines) is 1. The van der Waals surface area contributed by atoms with E-state index in [0.29, 0.717) is 13.0 Å². The minimum atomic E-state index is -0.713. The third-order valence-corrected chi connectivity index (χ3v) is 9.10. The quantitative estimate of drug-likeness (QED) is 0.174. The maximum atomic E-state index is 13.4. The molecule has 1 saturated heterocycles. The fraction of sp³-hybridized carbons (Fsp3) is 0.444. The summed E-state index contributed by atoms with van der Waals surface area (Å²) in [7, 11) is 0. The minimum Gasteiger partial charge on any atom is -0.465 e. The molecule has 0 saturated carbocycles. The van der Waals surface area contributed by atoms with Crippen LogP contribution in [-0.4, -0.2) is 72.0 Å². The average molecular weight is 603 g/mol. The molecule has 0 amide bonds. The van der Waals surface area contributed by atoms with Crippen LogP contribution in [0.4, 0.5) is 0 Å². The van der Waals surface area contributed by atoms with Crippen molar-refractivity contribution in [1.29, 1.82) is 5.26 Å². The van der Waals surface area contributed by atoms with E-state index in [0.717, 1.165) is 73.5 Å². The van der Waals surface area contributed by atoms with Gasteiger partial charge >= 0.3 is 5.97 Å². The van der Waals surface area contributed by atoms with E-state index >= 15 is 0 Å². The lowest BCUT2D eigenvalue weighted by atomic mass is 9.71. The number of rotatable bonds is 14. The Labute approximate surface area is 261 Å². The summed E-state index contributed by atoms with van der Waals surface area (Å²) in [6.45, 7) is 5.38. The molecule has 0 radical (unpaired) electrons. The first-order valence-corrected chi connectivity index (χ1v) is 16.5. The maximum Gasteiger partial charge on any atom is 0.316 e. The van der Waals surface area contributed by atoms with E-state index in [1.807, 2.05) is 54.6 Å². The molecule has 1 aliphatic rings. The molecule has 0 bridgehead atoms.